The fraction of sp³-hybridized carbons (Fsp3) is 0.273. The van der Waals surface area contributed by atoms with Crippen molar-refractivity contribution in [2.75, 3.05) is 14.2 Å². The second kappa shape index (κ2) is 9.01. The Balaban J connectivity index is 1.86. The summed E-state index contributed by atoms with van der Waals surface area (Å²) in [5, 5.41) is 8.07. The van der Waals surface area contributed by atoms with Gasteiger partial charge in [-0.25, -0.2) is 4.68 Å². The van der Waals surface area contributed by atoms with Crippen LogP contribution in [0.1, 0.15) is 41.5 Å². The number of nitrogens with zero attached hydrogens (tertiary/aromatic N) is 2. The number of carbonyl (C=O) groups excluding carboxylic acids is 1. The number of aromatic nitrogens is 2. The molecule has 1 amide bonds. The molecule has 1 N–H and O–H groups in total. The first kappa shape index (κ1) is 20.7. The number of amides is 1. The van der Waals surface area contributed by atoms with E-state index in [2.05, 4.69) is 10.4 Å². The summed E-state index contributed by atoms with van der Waals surface area (Å²) in [6, 6.07) is 12.7. The minimum atomic E-state index is -0.261. The topological polar surface area (TPSA) is 65.4 Å². The number of carbonyl (C=O) groups is 1. The molecule has 2 aromatic carbocycles. The van der Waals surface area contributed by atoms with Gasteiger partial charge in [0.2, 0.25) is 0 Å². The van der Waals surface area contributed by atoms with Crippen LogP contribution < -0.4 is 14.8 Å². The van der Waals surface area contributed by atoms with Crippen molar-refractivity contribution in [2.45, 2.75) is 26.3 Å². The fourth-order valence-electron chi connectivity index (χ4n) is 3.26. The molecule has 7 heteroatoms. The van der Waals surface area contributed by atoms with Crippen LogP contribution in [0.4, 0.5) is 0 Å². The fourth-order valence-corrected chi connectivity index (χ4v) is 3.45. The molecule has 0 fully saturated rings. The lowest BCUT2D eigenvalue weighted by Crippen LogP contribution is -2.27. The lowest BCUT2D eigenvalue weighted by Gasteiger charge is -2.18. The Morgan fingerprint density at radius 1 is 1.21 bits per heavy atom. The highest BCUT2D eigenvalue weighted by atomic mass is 35.5. The summed E-state index contributed by atoms with van der Waals surface area (Å²) in [6.07, 6.45) is 2.24. The molecule has 1 unspecified atom stereocenters. The molecule has 0 bridgehead atoms. The molecule has 1 heterocycles. The van der Waals surface area contributed by atoms with Crippen molar-refractivity contribution in [3.05, 3.63) is 70.5 Å². The highest BCUT2D eigenvalue weighted by molar-refractivity contribution is 6.30. The van der Waals surface area contributed by atoms with Gasteiger partial charge in [0.1, 0.15) is 11.5 Å². The quantitative estimate of drug-likeness (QED) is 0.615. The Morgan fingerprint density at radius 2 is 2.00 bits per heavy atom. The lowest BCUT2D eigenvalue weighted by atomic mass is 10.1. The van der Waals surface area contributed by atoms with Gasteiger partial charge in [0, 0.05) is 16.7 Å². The molecule has 0 radical (unpaired) electrons. The Kier molecular flexibility index (Phi) is 6.44. The van der Waals surface area contributed by atoms with Gasteiger partial charge in [-0.15, -0.1) is 0 Å². The van der Waals surface area contributed by atoms with Crippen LogP contribution in [0.3, 0.4) is 0 Å². The maximum absolute atomic E-state index is 13.0. The van der Waals surface area contributed by atoms with Crippen molar-refractivity contribution in [1.82, 2.24) is 15.1 Å². The molecule has 6 nitrogen and oxygen atoms in total. The zero-order chi connectivity index (χ0) is 21.0. The van der Waals surface area contributed by atoms with Gasteiger partial charge >= 0.3 is 0 Å². The highest BCUT2D eigenvalue weighted by Gasteiger charge is 2.21. The smallest absolute Gasteiger partial charge is 0.255 e. The highest BCUT2D eigenvalue weighted by Crippen LogP contribution is 2.29. The first-order valence-corrected chi connectivity index (χ1v) is 9.71. The van der Waals surface area contributed by atoms with Crippen molar-refractivity contribution in [2.24, 2.45) is 0 Å². The molecule has 0 spiro atoms. The number of halogens is 1. The molecule has 152 valence electrons. The largest absolute Gasteiger partial charge is 0.497 e. The standard InChI is InChI=1S/C22H24ClN3O3/c1-5-20-19(13-24-26(20)16-8-6-7-15(23)11-16)22(27)25-14(2)18-10-9-17(28-3)12-21(18)29-4/h6-14H,5H2,1-4H3,(H,25,27). The van der Waals surface area contributed by atoms with Gasteiger partial charge in [-0.1, -0.05) is 24.6 Å². The van der Waals surface area contributed by atoms with Crippen molar-refractivity contribution in [3.8, 4) is 17.2 Å². The Bertz CT molecular complexity index is 1020. The zero-order valence-corrected chi connectivity index (χ0v) is 17.7. The monoisotopic (exact) mass is 413 g/mol. The molecule has 29 heavy (non-hydrogen) atoms. The molecule has 3 rings (SSSR count). The van der Waals surface area contributed by atoms with Crippen LogP contribution in [0.2, 0.25) is 5.02 Å². The number of nitrogens with one attached hydrogen (secondary N) is 1. The minimum absolute atomic E-state index is 0.194. The van der Waals surface area contributed by atoms with Gasteiger partial charge in [0.15, 0.2) is 0 Å². The Labute approximate surface area is 175 Å². The second-order valence-electron chi connectivity index (χ2n) is 6.55. The van der Waals surface area contributed by atoms with Crippen LogP contribution in [0.25, 0.3) is 5.69 Å². The second-order valence-corrected chi connectivity index (χ2v) is 6.99. The number of hydrogen-bond acceptors (Lipinski definition) is 4. The van der Waals surface area contributed by atoms with Crippen molar-refractivity contribution >= 4 is 17.5 Å². The third-order valence-corrected chi connectivity index (χ3v) is 4.99. The molecule has 0 aliphatic heterocycles. The van der Waals surface area contributed by atoms with Gasteiger partial charge < -0.3 is 14.8 Å². The predicted octanol–water partition coefficient (Wildman–Crippen LogP) is 4.60. The van der Waals surface area contributed by atoms with Crippen LogP contribution in [0.5, 0.6) is 11.5 Å². The molecule has 0 saturated heterocycles. The third kappa shape index (κ3) is 4.38. The summed E-state index contributed by atoms with van der Waals surface area (Å²) in [7, 11) is 3.19. The third-order valence-electron chi connectivity index (χ3n) is 4.76. The molecule has 0 aliphatic carbocycles. The number of hydrogen-bond donors (Lipinski definition) is 1. The summed E-state index contributed by atoms with van der Waals surface area (Å²) in [4.78, 5) is 13.0. The van der Waals surface area contributed by atoms with Gasteiger partial charge in [-0.05, 0) is 43.7 Å². The number of benzene rings is 2. The van der Waals surface area contributed by atoms with Crippen LogP contribution in [-0.4, -0.2) is 29.9 Å². The molecule has 0 aliphatic rings. The Morgan fingerprint density at radius 3 is 2.66 bits per heavy atom. The lowest BCUT2D eigenvalue weighted by molar-refractivity contribution is 0.0938. The van der Waals surface area contributed by atoms with E-state index < -0.39 is 0 Å². The maximum atomic E-state index is 13.0. The van der Waals surface area contributed by atoms with E-state index in [0.717, 1.165) is 16.9 Å². The SMILES string of the molecule is CCc1c(C(=O)NC(C)c2ccc(OC)cc2OC)cnn1-c1cccc(Cl)c1. The van der Waals surface area contributed by atoms with Crippen molar-refractivity contribution in [3.63, 3.8) is 0 Å². The van der Waals surface area contributed by atoms with Crippen LogP contribution in [0.15, 0.2) is 48.7 Å². The minimum Gasteiger partial charge on any atom is -0.497 e. The van der Waals surface area contributed by atoms with Crippen LogP contribution >= 0.6 is 11.6 Å². The maximum Gasteiger partial charge on any atom is 0.255 e. The van der Waals surface area contributed by atoms with Crippen LogP contribution in [-0.2, 0) is 6.42 Å². The molecule has 3 aromatic rings. The number of methoxy groups -OCH3 is 2. The number of rotatable bonds is 7. The number of ether oxygens (including phenoxy) is 2. The average molecular weight is 414 g/mol. The van der Waals surface area contributed by atoms with E-state index in [1.807, 2.05) is 44.2 Å². The molecular formula is C22H24ClN3O3. The summed E-state index contributed by atoms with van der Waals surface area (Å²) < 4.78 is 12.4. The van der Waals surface area contributed by atoms with Crippen LogP contribution in [0, 0.1) is 0 Å². The Hall–Kier alpha value is -2.99. The van der Waals surface area contributed by atoms with E-state index in [1.54, 1.807) is 37.2 Å². The van der Waals surface area contributed by atoms with Gasteiger partial charge in [0.25, 0.3) is 5.91 Å². The summed E-state index contributed by atoms with van der Waals surface area (Å²) >= 11 is 6.11. The zero-order valence-electron chi connectivity index (χ0n) is 16.9. The first-order valence-electron chi connectivity index (χ1n) is 9.34. The summed E-state index contributed by atoms with van der Waals surface area (Å²) in [6.45, 7) is 3.90. The average Bonchev–Trinajstić information content (AvgIpc) is 3.17. The summed E-state index contributed by atoms with van der Waals surface area (Å²) in [5.41, 5.74) is 3.03. The summed E-state index contributed by atoms with van der Waals surface area (Å²) in [5.74, 6) is 1.16. The molecule has 0 saturated carbocycles. The normalized spacial score (nSPS) is 11.8. The molecule has 1 aromatic heterocycles. The molecular weight excluding hydrogens is 390 g/mol. The van der Waals surface area contributed by atoms with Gasteiger partial charge in [-0.3, -0.25) is 4.79 Å². The van der Waals surface area contributed by atoms with Crippen molar-refractivity contribution < 1.29 is 14.3 Å². The molecule has 1 atom stereocenters. The van der Waals surface area contributed by atoms with E-state index in [-0.39, 0.29) is 11.9 Å². The predicted molar refractivity (Wildman–Crippen MR) is 113 cm³/mol. The van der Waals surface area contributed by atoms with E-state index in [0.29, 0.717) is 28.5 Å². The van der Waals surface area contributed by atoms with Crippen molar-refractivity contribution in [1.29, 1.82) is 0 Å². The van der Waals surface area contributed by atoms with E-state index in [1.165, 1.54) is 0 Å². The first-order chi connectivity index (χ1) is 14.0. The van der Waals surface area contributed by atoms with E-state index in [9.17, 15) is 4.79 Å². The van der Waals surface area contributed by atoms with E-state index in [4.69, 9.17) is 21.1 Å². The van der Waals surface area contributed by atoms with Gasteiger partial charge in [-0.2, -0.15) is 5.10 Å². The van der Waals surface area contributed by atoms with Gasteiger partial charge in [0.05, 0.1) is 43.4 Å². The van der Waals surface area contributed by atoms with E-state index >= 15 is 0 Å².